The Kier molecular flexibility index (Phi) is 2.45. The highest BCUT2D eigenvalue weighted by molar-refractivity contribution is 9.10. The summed E-state index contributed by atoms with van der Waals surface area (Å²) >= 11 is 9.89. The zero-order valence-electron chi connectivity index (χ0n) is 8.93. The fourth-order valence-electron chi connectivity index (χ4n) is 1.92. The Bertz CT molecular complexity index is 576. The molecule has 0 radical (unpaired) electrons. The van der Waals surface area contributed by atoms with Crippen LogP contribution in [0.25, 0.3) is 10.9 Å². The van der Waals surface area contributed by atoms with Crippen molar-refractivity contribution in [1.82, 2.24) is 4.98 Å². The summed E-state index contributed by atoms with van der Waals surface area (Å²) in [5.74, 6) is 0.634. The second-order valence-corrected chi connectivity index (χ2v) is 5.60. The minimum atomic E-state index is 0.634. The van der Waals surface area contributed by atoms with E-state index >= 15 is 0 Å². The molecular formula is C13H11BrClN. The molecule has 1 heterocycles. The second kappa shape index (κ2) is 3.71. The van der Waals surface area contributed by atoms with E-state index in [0.717, 1.165) is 26.1 Å². The number of hydrogen-bond donors (Lipinski definition) is 0. The molecule has 1 aromatic carbocycles. The van der Waals surface area contributed by atoms with E-state index in [9.17, 15) is 0 Å². The standard InChI is InChI=1S/C13H11BrClN/c1-7-2-5-9-10(15)6-11(8-3-4-8)16-13(9)12(7)14/h2,5-6,8H,3-4H2,1H3. The molecule has 0 aliphatic heterocycles. The minimum Gasteiger partial charge on any atom is -0.251 e. The van der Waals surface area contributed by atoms with Gasteiger partial charge < -0.3 is 0 Å². The Labute approximate surface area is 108 Å². The number of halogens is 2. The van der Waals surface area contributed by atoms with Crippen molar-refractivity contribution in [2.75, 3.05) is 0 Å². The number of fused-ring (bicyclic) bond motifs is 1. The molecule has 0 N–H and O–H groups in total. The van der Waals surface area contributed by atoms with Gasteiger partial charge in [0, 0.05) is 21.5 Å². The summed E-state index contributed by atoms with van der Waals surface area (Å²) in [4.78, 5) is 4.73. The molecule has 82 valence electrons. The van der Waals surface area contributed by atoms with Gasteiger partial charge in [0.2, 0.25) is 0 Å². The molecule has 0 saturated heterocycles. The van der Waals surface area contributed by atoms with Crippen molar-refractivity contribution in [3.05, 3.63) is 39.0 Å². The van der Waals surface area contributed by atoms with Crippen LogP contribution in [0.2, 0.25) is 5.02 Å². The van der Waals surface area contributed by atoms with Gasteiger partial charge in [-0.25, -0.2) is 0 Å². The van der Waals surface area contributed by atoms with Crippen LogP contribution in [0.3, 0.4) is 0 Å². The Balaban J connectivity index is 2.33. The highest BCUT2D eigenvalue weighted by atomic mass is 79.9. The first kappa shape index (κ1) is 10.5. The number of pyridine rings is 1. The van der Waals surface area contributed by atoms with Gasteiger partial charge in [-0.15, -0.1) is 0 Å². The number of rotatable bonds is 1. The molecule has 1 aliphatic carbocycles. The largest absolute Gasteiger partial charge is 0.251 e. The van der Waals surface area contributed by atoms with Crippen molar-refractivity contribution < 1.29 is 0 Å². The van der Waals surface area contributed by atoms with Crippen molar-refractivity contribution in [2.24, 2.45) is 0 Å². The summed E-state index contributed by atoms with van der Waals surface area (Å²) in [5, 5.41) is 1.84. The average molecular weight is 297 g/mol. The number of hydrogen-bond acceptors (Lipinski definition) is 1. The highest BCUT2D eigenvalue weighted by Gasteiger charge is 2.26. The Morgan fingerprint density at radius 1 is 1.38 bits per heavy atom. The Morgan fingerprint density at radius 2 is 2.12 bits per heavy atom. The lowest BCUT2D eigenvalue weighted by Gasteiger charge is -2.07. The lowest BCUT2D eigenvalue weighted by molar-refractivity contribution is 1.04. The van der Waals surface area contributed by atoms with Crippen LogP contribution in [0, 0.1) is 6.92 Å². The Morgan fingerprint density at radius 3 is 2.81 bits per heavy atom. The molecule has 2 aromatic rings. The van der Waals surface area contributed by atoms with Crippen molar-refractivity contribution in [3.8, 4) is 0 Å². The molecule has 1 aliphatic rings. The van der Waals surface area contributed by atoms with E-state index in [0.29, 0.717) is 5.92 Å². The second-order valence-electron chi connectivity index (χ2n) is 4.40. The summed E-state index contributed by atoms with van der Waals surface area (Å²) in [6.07, 6.45) is 2.50. The first-order chi connectivity index (χ1) is 7.66. The van der Waals surface area contributed by atoms with Gasteiger partial charge >= 0.3 is 0 Å². The maximum Gasteiger partial charge on any atom is 0.0865 e. The maximum atomic E-state index is 6.30. The monoisotopic (exact) mass is 295 g/mol. The van der Waals surface area contributed by atoms with Gasteiger partial charge in [-0.05, 0) is 47.3 Å². The van der Waals surface area contributed by atoms with Crippen molar-refractivity contribution in [3.63, 3.8) is 0 Å². The molecule has 0 unspecified atom stereocenters. The lowest BCUT2D eigenvalue weighted by Crippen LogP contribution is -1.91. The van der Waals surface area contributed by atoms with Crippen LogP contribution in [0.5, 0.6) is 0 Å². The van der Waals surface area contributed by atoms with Gasteiger partial charge in [0.1, 0.15) is 0 Å². The van der Waals surface area contributed by atoms with E-state index in [-0.39, 0.29) is 0 Å². The maximum absolute atomic E-state index is 6.30. The molecule has 1 saturated carbocycles. The van der Waals surface area contributed by atoms with Crippen LogP contribution in [0.1, 0.15) is 30.0 Å². The van der Waals surface area contributed by atoms with Crippen molar-refractivity contribution >= 4 is 38.4 Å². The van der Waals surface area contributed by atoms with E-state index < -0.39 is 0 Å². The molecule has 0 bridgehead atoms. The van der Waals surface area contributed by atoms with Gasteiger partial charge in [0.15, 0.2) is 0 Å². The van der Waals surface area contributed by atoms with Crippen LogP contribution in [0.15, 0.2) is 22.7 Å². The van der Waals surface area contributed by atoms with Gasteiger partial charge in [-0.2, -0.15) is 0 Å². The molecule has 0 atom stereocenters. The number of aromatic nitrogens is 1. The Hall–Kier alpha value is -0.600. The summed E-state index contributed by atoms with van der Waals surface area (Å²) < 4.78 is 1.06. The third kappa shape index (κ3) is 1.64. The fourth-order valence-corrected chi connectivity index (χ4v) is 2.62. The molecule has 16 heavy (non-hydrogen) atoms. The number of aryl methyl sites for hydroxylation is 1. The highest BCUT2D eigenvalue weighted by Crippen LogP contribution is 2.42. The van der Waals surface area contributed by atoms with E-state index in [1.165, 1.54) is 18.4 Å². The zero-order valence-corrected chi connectivity index (χ0v) is 11.3. The smallest absolute Gasteiger partial charge is 0.0865 e. The first-order valence-corrected chi connectivity index (χ1v) is 6.59. The predicted octanol–water partition coefficient (Wildman–Crippen LogP) is 4.84. The third-order valence-corrected chi connectivity index (χ3v) is 4.39. The quantitative estimate of drug-likeness (QED) is 0.734. The molecule has 1 fully saturated rings. The fraction of sp³-hybridized carbons (Fsp3) is 0.308. The topological polar surface area (TPSA) is 12.9 Å². The van der Waals surface area contributed by atoms with Crippen molar-refractivity contribution in [2.45, 2.75) is 25.7 Å². The predicted molar refractivity (Wildman–Crippen MR) is 71.2 cm³/mol. The zero-order chi connectivity index (χ0) is 11.3. The number of nitrogens with zero attached hydrogens (tertiary/aromatic N) is 1. The lowest BCUT2D eigenvalue weighted by atomic mass is 10.1. The van der Waals surface area contributed by atoms with Crippen LogP contribution >= 0.6 is 27.5 Å². The first-order valence-electron chi connectivity index (χ1n) is 5.42. The van der Waals surface area contributed by atoms with Gasteiger partial charge in [-0.3, -0.25) is 4.98 Å². The van der Waals surface area contributed by atoms with Crippen LogP contribution in [-0.4, -0.2) is 4.98 Å². The van der Waals surface area contributed by atoms with Crippen molar-refractivity contribution in [1.29, 1.82) is 0 Å². The number of benzene rings is 1. The van der Waals surface area contributed by atoms with Crippen LogP contribution < -0.4 is 0 Å². The van der Waals surface area contributed by atoms with Crippen LogP contribution in [-0.2, 0) is 0 Å². The third-order valence-electron chi connectivity index (χ3n) is 3.08. The normalized spacial score (nSPS) is 15.7. The average Bonchev–Trinajstić information content (AvgIpc) is 3.07. The molecule has 3 heteroatoms. The summed E-state index contributed by atoms with van der Waals surface area (Å²) in [5.41, 5.74) is 3.34. The summed E-state index contributed by atoms with van der Waals surface area (Å²) in [6, 6.07) is 6.13. The molecular weight excluding hydrogens is 286 g/mol. The van der Waals surface area contributed by atoms with Gasteiger partial charge in [0.25, 0.3) is 0 Å². The molecule has 0 spiro atoms. The molecule has 1 aromatic heterocycles. The van der Waals surface area contributed by atoms with Gasteiger partial charge in [0.05, 0.1) is 10.5 Å². The van der Waals surface area contributed by atoms with E-state index in [1.54, 1.807) is 0 Å². The minimum absolute atomic E-state index is 0.634. The van der Waals surface area contributed by atoms with E-state index in [1.807, 2.05) is 12.1 Å². The molecule has 0 amide bonds. The van der Waals surface area contributed by atoms with E-state index in [2.05, 4.69) is 28.9 Å². The SMILES string of the molecule is Cc1ccc2c(Cl)cc(C3CC3)nc2c1Br. The molecule has 1 nitrogen and oxygen atoms in total. The van der Waals surface area contributed by atoms with E-state index in [4.69, 9.17) is 16.6 Å². The van der Waals surface area contributed by atoms with Gasteiger partial charge in [-0.1, -0.05) is 23.7 Å². The molecule has 3 rings (SSSR count). The van der Waals surface area contributed by atoms with Crippen LogP contribution in [0.4, 0.5) is 0 Å². The summed E-state index contributed by atoms with van der Waals surface area (Å²) in [7, 11) is 0. The summed E-state index contributed by atoms with van der Waals surface area (Å²) in [6.45, 7) is 2.07.